The first-order valence-corrected chi connectivity index (χ1v) is 11.5. The first-order chi connectivity index (χ1) is 15.5. The number of amides is 1. The smallest absolute Gasteiger partial charge is 0.270 e. The van der Waals surface area contributed by atoms with Crippen LogP contribution in [-0.4, -0.2) is 39.8 Å². The second-order valence-electron chi connectivity index (χ2n) is 7.74. The van der Waals surface area contributed by atoms with Gasteiger partial charge in [-0.05, 0) is 42.5 Å². The summed E-state index contributed by atoms with van der Waals surface area (Å²) in [5.41, 5.74) is 1.34. The summed E-state index contributed by atoms with van der Waals surface area (Å²) in [7, 11) is 0. The van der Waals surface area contributed by atoms with E-state index in [4.69, 9.17) is 11.6 Å². The molecule has 1 saturated heterocycles. The summed E-state index contributed by atoms with van der Waals surface area (Å²) in [6.07, 6.45) is 2.54. The molecule has 10 heteroatoms. The molecular weight excluding hydrogens is 450 g/mol. The van der Waals surface area contributed by atoms with Crippen molar-refractivity contribution in [2.75, 3.05) is 24.5 Å². The average Bonchev–Trinajstić information content (AvgIpc) is 3.28. The van der Waals surface area contributed by atoms with Crippen LogP contribution in [0.25, 0.3) is 0 Å². The molecule has 2 heterocycles. The first-order valence-electron chi connectivity index (χ1n) is 10.3. The van der Waals surface area contributed by atoms with Gasteiger partial charge in [-0.25, -0.2) is 4.98 Å². The van der Waals surface area contributed by atoms with Crippen molar-refractivity contribution in [1.29, 1.82) is 0 Å². The third-order valence-electron chi connectivity index (χ3n) is 5.49. The average molecular weight is 472 g/mol. The van der Waals surface area contributed by atoms with Crippen LogP contribution < -0.4 is 10.2 Å². The number of nitro groups is 1. The maximum absolute atomic E-state index is 12.4. The normalized spacial score (nSPS) is 14.3. The zero-order valence-corrected chi connectivity index (χ0v) is 18.8. The number of benzene rings is 2. The van der Waals surface area contributed by atoms with Crippen LogP contribution >= 0.6 is 23.1 Å². The number of aromatic nitrogens is 2. The molecule has 166 valence electrons. The lowest BCUT2D eigenvalue weighted by Gasteiger charge is -2.31. The monoisotopic (exact) mass is 471 g/mol. The van der Waals surface area contributed by atoms with Crippen molar-refractivity contribution >= 4 is 39.9 Å². The Morgan fingerprint density at radius 2 is 1.97 bits per heavy atom. The van der Waals surface area contributed by atoms with Gasteiger partial charge in [0.25, 0.3) is 11.6 Å². The molecule has 1 aromatic heterocycles. The molecule has 1 amide bonds. The Bertz CT molecular complexity index is 1100. The summed E-state index contributed by atoms with van der Waals surface area (Å²) in [4.78, 5) is 29.7. The molecule has 0 bridgehead atoms. The van der Waals surface area contributed by atoms with Crippen LogP contribution in [0.2, 0.25) is 5.02 Å². The minimum Gasteiger partial charge on any atom is -0.352 e. The predicted molar refractivity (Wildman–Crippen MR) is 125 cm³/mol. The summed E-state index contributed by atoms with van der Waals surface area (Å²) >= 11 is 7.35. The quantitative estimate of drug-likeness (QED) is 0.406. The second-order valence-corrected chi connectivity index (χ2v) is 8.91. The molecular formula is C22H22ClN5O3S. The molecule has 1 aliphatic heterocycles. The molecule has 0 atom stereocenters. The maximum atomic E-state index is 12.4. The Morgan fingerprint density at radius 1 is 1.22 bits per heavy atom. The third kappa shape index (κ3) is 5.60. The molecule has 4 rings (SSSR count). The SMILES string of the molecule is O=C(NCC1CCN(c2nc(Cc3ccc(Cl)cc3)ns2)CC1)c1cccc([N+](=O)[O-])c1. The number of halogens is 1. The van der Waals surface area contributed by atoms with Crippen molar-refractivity contribution in [2.45, 2.75) is 19.3 Å². The standard InChI is InChI=1S/C22H22ClN5O3S/c23-18-6-4-15(5-7-18)12-20-25-22(32-26-20)27-10-8-16(9-11-27)14-24-21(29)17-2-1-3-19(13-17)28(30)31/h1-7,13,16H,8-12,14H2,(H,24,29). The Balaban J connectivity index is 1.25. The van der Waals surface area contributed by atoms with Crippen LogP contribution in [0.1, 0.15) is 34.6 Å². The van der Waals surface area contributed by atoms with Gasteiger partial charge in [0.2, 0.25) is 5.13 Å². The number of hydrogen-bond donors (Lipinski definition) is 1. The topological polar surface area (TPSA) is 101 Å². The number of carbonyl (C=O) groups excluding carboxylic acids is 1. The van der Waals surface area contributed by atoms with Crippen LogP contribution in [-0.2, 0) is 6.42 Å². The number of non-ortho nitro benzene ring substituents is 1. The number of hydrogen-bond acceptors (Lipinski definition) is 7. The van der Waals surface area contributed by atoms with Gasteiger partial charge in [0.05, 0.1) is 4.92 Å². The van der Waals surface area contributed by atoms with E-state index in [9.17, 15) is 14.9 Å². The van der Waals surface area contributed by atoms with Crippen LogP contribution in [0.3, 0.4) is 0 Å². The predicted octanol–water partition coefficient (Wildman–Crippen LogP) is 4.34. The molecule has 8 nitrogen and oxygen atoms in total. The fourth-order valence-corrected chi connectivity index (χ4v) is 4.52. The van der Waals surface area contributed by atoms with Crippen molar-refractivity contribution in [3.63, 3.8) is 0 Å². The fraction of sp³-hybridized carbons (Fsp3) is 0.318. The van der Waals surface area contributed by atoms with Gasteiger partial charge in [0.15, 0.2) is 0 Å². The van der Waals surface area contributed by atoms with Gasteiger partial charge in [-0.15, -0.1) is 0 Å². The maximum Gasteiger partial charge on any atom is 0.270 e. The van der Waals surface area contributed by atoms with E-state index < -0.39 is 4.92 Å². The number of carbonyl (C=O) groups is 1. The van der Waals surface area contributed by atoms with Crippen molar-refractivity contribution in [3.05, 3.63) is 80.6 Å². The highest BCUT2D eigenvalue weighted by atomic mass is 35.5. The van der Waals surface area contributed by atoms with Gasteiger partial charge >= 0.3 is 0 Å². The van der Waals surface area contributed by atoms with Gasteiger partial charge in [-0.2, -0.15) is 4.37 Å². The summed E-state index contributed by atoms with van der Waals surface area (Å²) in [6.45, 7) is 2.26. The summed E-state index contributed by atoms with van der Waals surface area (Å²) < 4.78 is 4.49. The number of nitro benzene ring substituents is 1. The highest BCUT2D eigenvalue weighted by Gasteiger charge is 2.23. The Kier molecular flexibility index (Phi) is 6.96. The molecule has 0 spiro atoms. The van der Waals surface area contributed by atoms with E-state index >= 15 is 0 Å². The summed E-state index contributed by atoms with van der Waals surface area (Å²) in [6, 6.07) is 13.5. The zero-order valence-electron chi connectivity index (χ0n) is 17.2. The molecule has 0 aliphatic carbocycles. The molecule has 3 aromatic rings. The minimum absolute atomic E-state index is 0.0848. The van der Waals surface area contributed by atoms with Gasteiger partial charge < -0.3 is 10.2 Å². The van der Waals surface area contributed by atoms with Crippen molar-refractivity contribution < 1.29 is 9.72 Å². The highest BCUT2D eigenvalue weighted by Crippen LogP contribution is 2.25. The molecule has 1 N–H and O–H groups in total. The number of nitrogens with one attached hydrogen (secondary N) is 1. The Hall–Kier alpha value is -3.04. The number of rotatable bonds is 7. The van der Waals surface area contributed by atoms with Gasteiger partial charge in [0.1, 0.15) is 5.82 Å². The Labute approximate surface area is 194 Å². The molecule has 1 aliphatic rings. The summed E-state index contributed by atoms with van der Waals surface area (Å²) in [5.74, 6) is 0.876. The van der Waals surface area contributed by atoms with Crippen molar-refractivity contribution in [2.24, 2.45) is 5.92 Å². The lowest BCUT2D eigenvalue weighted by atomic mass is 9.97. The van der Waals surface area contributed by atoms with Gasteiger partial charge in [-0.3, -0.25) is 14.9 Å². The van der Waals surface area contributed by atoms with Crippen molar-refractivity contribution in [3.8, 4) is 0 Å². The van der Waals surface area contributed by atoms with E-state index in [0.717, 1.165) is 42.5 Å². The fourth-order valence-electron chi connectivity index (χ4n) is 3.66. The molecule has 2 aromatic carbocycles. The molecule has 32 heavy (non-hydrogen) atoms. The van der Waals surface area contributed by atoms with Crippen molar-refractivity contribution in [1.82, 2.24) is 14.7 Å². The zero-order chi connectivity index (χ0) is 22.5. The Morgan fingerprint density at radius 3 is 2.69 bits per heavy atom. The van der Waals surface area contributed by atoms with Gasteiger partial charge in [0, 0.05) is 60.3 Å². The summed E-state index contributed by atoms with van der Waals surface area (Å²) in [5, 5.41) is 15.4. The van der Waals surface area contributed by atoms with Crippen LogP contribution in [0.15, 0.2) is 48.5 Å². The van der Waals surface area contributed by atoms with Gasteiger partial charge in [-0.1, -0.05) is 29.8 Å². The molecule has 0 unspecified atom stereocenters. The largest absolute Gasteiger partial charge is 0.352 e. The third-order valence-corrected chi connectivity index (χ3v) is 6.56. The lowest BCUT2D eigenvalue weighted by molar-refractivity contribution is -0.384. The molecule has 0 saturated carbocycles. The number of piperidine rings is 1. The lowest BCUT2D eigenvalue weighted by Crippen LogP contribution is -2.38. The van der Waals surface area contributed by atoms with Crippen LogP contribution in [0.4, 0.5) is 10.8 Å². The second kappa shape index (κ2) is 10.1. The number of nitrogens with zero attached hydrogens (tertiary/aromatic N) is 4. The van der Waals surface area contributed by atoms with E-state index in [1.807, 2.05) is 24.3 Å². The number of anilines is 1. The highest BCUT2D eigenvalue weighted by molar-refractivity contribution is 7.09. The molecule has 1 fully saturated rings. The minimum atomic E-state index is -0.499. The first kappa shape index (κ1) is 22.2. The van der Waals surface area contributed by atoms with E-state index in [1.165, 1.54) is 29.7 Å². The van der Waals surface area contributed by atoms with E-state index in [1.54, 1.807) is 6.07 Å². The van der Waals surface area contributed by atoms with Crippen LogP contribution in [0.5, 0.6) is 0 Å². The van der Waals surface area contributed by atoms with E-state index in [0.29, 0.717) is 29.5 Å². The van der Waals surface area contributed by atoms with E-state index in [-0.39, 0.29) is 11.6 Å². The molecule has 0 radical (unpaired) electrons. The van der Waals surface area contributed by atoms with E-state index in [2.05, 4.69) is 19.6 Å². The van der Waals surface area contributed by atoms with Crippen LogP contribution in [0, 0.1) is 16.0 Å².